The molecule has 0 spiro atoms. The van der Waals surface area contributed by atoms with Gasteiger partial charge in [0, 0.05) is 18.6 Å². The van der Waals surface area contributed by atoms with E-state index in [4.69, 9.17) is 5.11 Å². The lowest BCUT2D eigenvalue weighted by atomic mass is 9.88. The number of piperazine rings is 1. The molecule has 0 bridgehead atoms. The number of hydrogen-bond donors (Lipinski definition) is 1. The normalized spacial score (nSPS) is 25.7. The zero-order valence-corrected chi connectivity index (χ0v) is 10.4. The van der Waals surface area contributed by atoms with Gasteiger partial charge in [-0.1, -0.05) is 0 Å². The van der Waals surface area contributed by atoms with Gasteiger partial charge in [-0.2, -0.15) is 0 Å². The monoisotopic (exact) mass is 214 g/mol. The van der Waals surface area contributed by atoms with Crippen LogP contribution in [0.3, 0.4) is 0 Å². The van der Waals surface area contributed by atoms with Gasteiger partial charge in [0.25, 0.3) is 0 Å². The fourth-order valence-corrected chi connectivity index (χ4v) is 2.23. The summed E-state index contributed by atoms with van der Waals surface area (Å²) in [5, 5.41) is 8.94. The molecule has 1 aliphatic rings. The number of hydrogen-bond acceptors (Lipinski definition) is 3. The Balaban J connectivity index is 2.96. The van der Waals surface area contributed by atoms with Gasteiger partial charge in [-0.3, -0.25) is 9.69 Å². The molecule has 0 aromatic heterocycles. The zero-order chi connectivity index (χ0) is 11.9. The number of aliphatic hydroxyl groups is 1. The van der Waals surface area contributed by atoms with E-state index < -0.39 is 5.54 Å². The van der Waals surface area contributed by atoms with Gasteiger partial charge < -0.3 is 10.0 Å². The quantitative estimate of drug-likeness (QED) is 0.719. The van der Waals surface area contributed by atoms with Crippen molar-refractivity contribution in [1.29, 1.82) is 0 Å². The van der Waals surface area contributed by atoms with Crippen LogP contribution in [0.5, 0.6) is 0 Å². The molecular weight excluding hydrogens is 192 g/mol. The van der Waals surface area contributed by atoms with Crippen molar-refractivity contribution in [3.63, 3.8) is 0 Å². The van der Waals surface area contributed by atoms with E-state index in [1.165, 1.54) is 0 Å². The van der Waals surface area contributed by atoms with Crippen LogP contribution >= 0.6 is 0 Å². The molecule has 1 saturated heterocycles. The summed E-state index contributed by atoms with van der Waals surface area (Å²) in [5.74, 6) is 0.0957. The van der Waals surface area contributed by atoms with Gasteiger partial charge in [0.1, 0.15) is 0 Å². The predicted octanol–water partition coefficient (Wildman–Crippen LogP) is 0.310. The maximum absolute atomic E-state index is 12.1. The second-order valence-electron chi connectivity index (χ2n) is 5.38. The fourth-order valence-electron chi connectivity index (χ4n) is 2.23. The highest BCUT2D eigenvalue weighted by Gasteiger charge is 2.47. The van der Waals surface area contributed by atoms with Crippen LogP contribution in [0.2, 0.25) is 0 Å². The van der Waals surface area contributed by atoms with Crippen LogP contribution in [0.25, 0.3) is 0 Å². The maximum atomic E-state index is 12.1. The molecule has 1 fully saturated rings. The van der Waals surface area contributed by atoms with Gasteiger partial charge in [-0.05, 0) is 34.7 Å². The molecule has 4 heteroatoms. The van der Waals surface area contributed by atoms with Crippen LogP contribution in [0.4, 0.5) is 0 Å². The van der Waals surface area contributed by atoms with E-state index >= 15 is 0 Å². The summed E-state index contributed by atoms with van der Waals surface area (Å²) in [6.45, 7) is 9.23. The van der Waals surface area contributed by atoms with Crippen molar-refractivity contribution in [2.24, 2.45) is 0 Å². The van der Waals surface area contributed by atoms with Crippen LogP contribution < -0.4 is 0 Å². The Morgan fingerprint density at radius 3 is 2.33 bits per heavy atom. The molecule has 88 valence electrons. The molecule has 1 rings (SSSR count). The minimum Gasteiger partial charge on any atom is -0.395 e. The Morgan fingerprint density at radius 2 is 1.87 bits per heavy atom. The average molecular weight is 214 g/mol. The van der Waals surface area contributed by atoms with Gasteiger partial charge >= 0.3 is 0 Å². The van der Waals surface area contributed by atoms with Crippen molar-refractivity contribution >= 4 is 5.91 Å². The van der Waals surface area contributed by atoms with Crippen LogP contribution in [-0.4, -0.2) is 58.6 Å². The van der Waals surface area contributed by atoms with E-state index in [-0.39, 0.29) is 18.1 Å². The first-order chi connectivity index (χ1) is 6.73. The molecule has 1 N–H and O–H groups in total. The van der Waals surface area contributed by atoms with E-state index in [9.17, 15) is 4.79 Å². The third-order valence-electron chi connectivity index (χ3n) is 3.50. The summed E-state index contributed by atoms with van der Waals surface area (Å²) < 4.78 is 0. The molecule has 1 aliphatic heterocycles. The van der Waals surface area contributed by atoms with Crippen molar-refractivity contribution in [2.45, 2.75) is 38.8 Å². The third-order valence-corrected chi connectivity index (χ3v) is 3.50. The first kappa shape index (κ1) is 12.5. The number of likely N-dealkylation sites (N-methyl/N-ethyl adjacent to an activating group) is 1. The Labute approximate surface area is 91.9 Å². The first-order valence-electron chi connectivity index (χ1n) is 5.37. The van der Waals surface area contributed by atoms with Crippen LogP contribution in [-0.2, 0) is 4.79 Å². The average Bonchev–Trinajstić information content (AvgIpc) is 2.12. The van der Waals surface area contributed by atoms with Gasteiger partial charge in [0.2, 0.25) is 5.91 Å². The van der Waals surface area contributed by atoms with Gasteiger partial charge in [0.15, 0.2) is 0 Å². The minimum absolute atomic E-state index is 0.0294. The number of carbonyl (C=O) groups excluding carboxylic acids is 1. The van der Waals surface area contributed by atoms with Gasteiger partial charge in [0.05, 0.1) is 12.1 Å². The highest BCUT2D eigenvalue weighted by atomic mass is 16.3. The molecule has 0 unspecified atom stereocenters. The largest absolute Gasteiger partial charge is 0.395 e. The van der Waals surface area contributed by atoms with Gasteiger partial charge in [-0.25, -0.2) is 0 Å². The van der Waals surface area contributed by atoms with Crippen molar-refractivity contribution in [2.75, 3.05) is 26.7 Å². The molecule has 0 saturated carbocycles. The molecular formula is C11H22N2O2. The highest BCUT2D eigenvalue weighted by molar-refractivity contribution is 5.86. The Morgan fingerprint density at radius 1 is 1.33 bits per heavy atom. The topological polar surface area (TPSA) is 43.8 Å². The smallest absolute Gasteiger partial charge is 0.242 e. The van der Waals surface area contributed by atoms with E-state index in [0.29, 0.717) is 13.1 Å². The van der Waals surface area contributed by atoms with Crippen LogP contribution in [0.1, 0.15) is 27.7 Å². The van der Waals surface area contributed by atoms with Crippen molar-refractivity contribution < 1.29 is 9.90 Å². The summed E-state index contributed by atoms with van der Waals surface area (Å²) in [6, 6.07) is 0. The Kier molecular flexibility index (Phi) is 3.12. The molecule has 0 atom stereocenters. The van der Waals surface area contributed by atoms with E-state index in [1.54, 1.807) is 4.90 Å². The van der Waals surface area contributed by atoms with Crippen molar-refractivity contribution in [3.05, 3.63) is 0 Å². The van der Waals surface area contributed by atoms with Crippen LogP contribution in [0, 0.1) is 0 Å². The standard InChI is InChI=1S/C11H22N2O2/c1-10(2)8-13(6-7-14)9(15)11(3,4)12(10)5/h14H,6-8H2,1-5H3. The SMILES string of the molecule is CN1C(C)(C)CN(CCO)C(=O)C1(C)C. The second-order valence-corrected chi connectivity index (χ2v) is 5.38. The predicted molar refractivity (Wildman–Crippen MR) is 59.6 cm³/mol. The minimum atomic E-state index is -0.489. The lowest BCUT2D eigenvalue weighted by Gasteiger charge is -2.53. The number of carbonyl (C=O) groups is 1. The number of nitrogens with zero attached hydrogens (tertiary/aromatic N) is 2. The van der Waals surface area contributed by atoms with Gasteiger partial charge in [-0.15, -0.1) is 0 Å². The highest BCUT2D eigenvalue weighted by Crippen LogP contribution is 2.31. The first-order valence-corrected chi connectivity index (χ1v) is 5.37. The summed E-state index contributed by atoms with van der Waals surface area (Å²) >= 11 is 0. The summed E-state index contributed by atoms with van der Waals surface area (Å²) in [6.07, 6.45) is 0. The number of β-amino-alcohol motifs (C(OH)–C–C–N with tert-alkyl or cyclic N) is 1. The van der Waals surface area contributed by atoms with E-state index in [0.717, 1.165) is 0 Å². The third kappa shape index (κ3) is 2.01. The number of aliphatic hydroxyl groups excluding tert-OH is 1. The molecule has 1 heterocycles. The Bertz CT molecular complexity index is 261. The summed E-state index contributed by atoms with van der Waals surface area (Å²) in [7, 11) is 1.98. The lowest BCUT2D eigenvalue weighted by Crippen LogP contribution is -2.70. The Hall–Kier alpha value is -0.610. The van der Waals surface area contributed by atoms with Crippen LogP contribution in [0.15, 0.2) is 0 Å². The fraction of sp³-hybridized carbons (Fsp3) is 0.909. The molecule has 0 aliphatic carbocycles. The lowest BCUT2D eigenvalue weighted by molar-refractivity contribution is -0.157. The number of amides is 1. The number of rotatable bonds is 2. The molecule has 0 aromatic carbocycles. The van der Waals surface area contributed by atoms with E-state index in [2.05, 4.69) is 18.7 Å². The maximum Gasteiger partial charge on any atom is 0.242 e. The zero-order valence-electron chi connectivity index (χ0n) is 10.4. The second kappa shape index (κ2) is 3.76. The molecule has 1 amide bonds. The molecule has 0 radical (unpaired) electrons. The summed E-state index contributed by atoms with van der Waals surface area (Å²) in [5.41, 5.74) is -0.538. The van der Waals surface area contributed by atoms with Crippen molar-refractivity contribution in [1.82, 2.24) is 9.80 Å². The van der Waals surface area contributed by atoms with E-state index in [1.807, 2.05) is 20.9 Å². The molecule has 4 nitrogen and oxygen atoms in total. The molecule has 15 heavy (non-hydrogen) atoms. The summed E-state index contributed by atoms with van der Waals surface area (Å²) in [4.78, 5) is 16.0. The molecule has 0 aromatic rings. The van der Waals surface area contributed by atoms with Crippen molar-refractivity contribution in [3.8, 4) is 0 Å².